The van der Waals surface area contributed by atoms with E-state index in [2.05, 4.69) is 5.32 Å². The first-order chi connectivity index (χ1) is 8.54. The van der Waals surface area contributed by atoms with Gasteiger partial charge in [0, 0.05) is 6.54 Å². The Hall–Kier alpha value is -1.92. The van der Waals surface area contributed by atoms with Crippen LogP contribution in [-0.4, -0.2) is 12.5 Å². The molecule has 0 fully saturated rings. The number of nitrogens with one attached hydrogen (secondary N) is 1. The highest BCUT2D eigenvalue weighted by molar-refractivity contribution is 5.81. The molecule has 7 heteroatoms. The van der Waals surface area contributed by atoms with E-state index < -0.39 is 23.1 Å². The van der Waals surface area contributed by atoms with Crippen molar-refractivity contribution in [2.24, 2.45) is 11.1 Å². The number of nitrogens with two attached hydrogens (primary N) is 2. The molecular weight excluding hydrogens is 259 g/mol. The molecule has 0 unspecified atom stereocenters. The second kappa shape index (κ2) is 4.99. The number of nitrogen functional groups attached to an aromatic ring is 1. The van der Waals surface area contributed by atoms with Gasteiger partial charge in [-0.1, -0.05) is 0 Å². The van der Waals surface area contributed by atoms with Gasteiger partial charge < -0.3 is 16.8 Å². The summed E-state index contributed by atoms with van der Waals surface area (Å²) in [6, 6.07) is 3.00. The molecule has 0 saturated carbocycles. The number of alkyl halides is 3. The van der Waals surface area contributed by atoms with Gasteiger partial charge in [0.2, 0.25) is 5.91 Å². The van der Waals surface area contributed by atoms with Crippen LogP contribution in [0.1, 0.15) is 19.4 Å². The molecule has 0 saturated heterocycles. The zero-order valence-electron chi connectivity index (χ0n) is 10.6. The van der Waals surface area contributed by atoms with Gasteiger partial charge in [0.05, 0.1) is 22.4 Å². The van der Waals surface area contributed by atoms with Crippen molar-refractivity contribution in [3.63, 3.8) is 0 Å². The fourth-order valence-corrected chi connectivity index (χ4v) is 1.30. The maximum absolute atomic E-state index is 12.4. The number of hydrogen-bond donors (Lipinski definition) is 3. The predicted octanol–water partition coefficient (Wildman–Crippen LogP) is 2.21. The zero-order chi connectivity index (χ0) is 14.8. The SMILES string of the molecule is CC(C)(CNc1ccc(C(F)(F)F)cc1N)C(N)=O. The number of amides is 1. The minimum Gasteiger partial charge on any atom is -0.397 e. The number of carbonyl (C=O) groups is 1. The van der Waals surface area contributed by atoms with Gasteiger partial charge in [-0.3, -0.25) is 4.79 Å². The van der Waals surface area contributed by atoms with Crippen molar-refractivity contribution in [3.05, 3.63) is 23.8 Å². The Morgan fingerprint density at radius 3 is 2.32 bits per heavy atom. The Morgan fingerprint density at radius 1 is 1.32 bits per heavy atom. The van der Waals surface area contributed by atoms with E-state index in [1.807, 2.05) is 0 Å². The van der Waals surface area contributed by atoms with Crippen LogP contribution in [0.3, 0.4) is 0 Å². The lowest BCUT2D eigenvalue weighted by Gasteiger charge is -2.22. The molecule has 0 aliphatic carbocycles. The number of primary amides is 1. The summed E-state index contributed by atoms with van der Waals surface area (Å²) in [6.45, 7) is 3.43. The quantitative estimate of drug-likeness (QED) is 0.737. The number of anilines is 2. The summed E-state index contributed by atoms with van der Waals surface area (Å²) >= 11 is 0. The average Bonchev–Trinajstić information content (AvgIpc) is 2.25. The van der Waals surface area contributed by atoms with Crippen molar-refractivity contribution >= 4 is 17.3 Å². The van der Waals surface area contributed by atoms with Gasteiger partial charge in [0.1, 0.15) is 0 Å². The molecule has 4 nitrogen and oxygen atoms in total. The Balaban J connectivity index is 2.85. The van der Waals surface area contributed by atoms with Crippen molar-refractivity contribution in [2.75, 3.05) is 17.6 Å². The number of halogens is 3. The highest BCUT2D eigenvalue weighted by Gasteiger charge is 2.31. The Bertz CT molecular complexity index is 484. The maximum atomic E-state index is 12.4. The molecule has 1 aromatic rings. The molecule has 0 bridgehead atoms. The van der Waals surface area contributed by atoms with E-state index in [0.29, 0.717) is 5.69 Å². The van der Waals surface area contributed by atoms with Crippen LogP contribution >= 0.6 is 0 Å². The minimum atomic E-state index is -4.43. The highest BCUT2D eigenvalue weighted by atomic mass is 19.4. The van der Waals surface area contributed by atoms with Crippen LogP contribution in [0.15, 0.2) is 18.2 Å². The van der Waals surface area contributed by atoms with Crippen molar-refractivity contribution in [1.29, 1.82) is 0 Å². The van der Waals surface area contributed by atoms with Gasteiger partial charge in [-0.25, -0.2) is 0 Å². The van der Waals surface area contributed by atoms with Crippen LogP contribution in [0, 0.1) is 5.41 Å². The molecule has 1 amide bonds. The van der Waals surface area contributed by atoms with Gasteiger partial charge in [-0.05, 0) is 32.0 Å². The molecule has 0 atom stereocenters. The van der Waals surface area contributed by atoms with Crippen LogP contribution in [0.5, 0.6) is 0 Å². The monoisotopic (exact) mass is 275 g/mol. The molecule has 0 aromatic heterocycles. The molecule has 106 valence electrons. The summed E-state index contributed by atoms with van der Waals surface area (Å²) in [5.74, 6) is -0.509. The van der Waals surface area contributed by atoms with Crippen LogP contribution in [0.2, 0.25) is 0 Å². The minimum absolute atomic E-state index is 0.0323. The topological polar surface area (TPSA) is 81.1 Å². The Kier molecular flexibility index (Phi) is 3.97. The fraction of sp³-hybridized carbons (Fsp3) is 0.417. The standard InChI is InChI=1S/C12H16F3N3O/c1-11(2,10(17)19)6-18-9-4-3-7(5-8(9)16)12(13,14)15/h3-5,18H,6,16H2,1-2H3,(H2,17,19). The van der Waals surface area contributed by atoms with Gasteiger partial charge in [-0.2, -0.15) is 13.2 Å². The van der Waals surface area contributed by atoms with Crippen molar-refractivity contribution in [3.8, 4) is 0 Å². The van der Waals surface area contributed by atoms with E-state index in [9.17, 15) is 18.0 Å². The van der Waals surface area contributed by atoms with E-state index in [4.69, 9.17) is 11.5 Å². The summed E-state index contributed by atoms with van der Waals surface area (Å²) in [5, 5.41) is 2.82. The molecule has 0 aliphatic rings. The number of hydrogen-bond acceptors (Lipinski definition) is 3. The molecule has 1 aromatic carbocycles. The van der Waals surface area contributed by atoms with Gasteiger partial charge in [-0.15, -0.1) is 0 Å². The predicted molar refractivity (Wildman–Crippen MR) is 67.3 cm³/mol. The van der Waals surface area contributed by atoms with Crippen molar-refractivity contribution < 1.29 is 18.0 Å². The number of carbonyl (C=O) groups excluding carboxylic acids is 1. The summed E-state index contributed by atoms with van der Waals surface area (Å²) in [6.07, 6.45) is -4.43. The third-order valence-corrected chi connectivity index (χ3v) is 2.77. The third kappa shape index (κ3) is 3.77. The first-order valence-corrected chi connectivity index (χ1v) is 5.54. The van der Waals surface area contributed by atoms with Crippen LogP contribution in [0.25, 0.3) is 0 Å². The van der Waals surface area contributed by atoms with E-state index in [1.54, 1.807) is 13.8 Å². The second-order valence-electron chi connectivity index (χ2n) is 4.90. The number of benzene rings is 1. The summed E-state index contributed by atoms with van der Waals surface area (Å²) < 4.78 is 37.3. The maximum Gasteiger partial charge on any atom is 0.416 e. The average molecular weight is 275 g/mol. The first-order valence-electron chi connectivity index (χ1n) is 5.54. The van der Waals surface area contributed by atoms with Gasteiger partial charge in [0.15, 0.2) is 0 Å². The second-order valence-corrected chi connectivity index (χ2v) is 4.90. The lowest BCUT2D eigenvalue weighted by molar-refractivity contribution is -0.137. The summed E-state index contributed by atoms with van der Waals surface area (Å²) in [5.41, 5.74) is 9.40. The smallest absolute Gasteiger partial charge is 0.397 e. The van der Waals surface area contributed by atoms with E-state index in [1.165, 1.54) is 6.07 Å². The fourth-order valence-electron chi connectivity index (χ4n) is 1.30. The van der Waals surface area contributed by atoms with E-state index in [0.717, 1.165) is 12.1 Å². The zero-order valence-corrected chi connectivity index (χ0v) is 10.6. The Morgan fingerprint density at radius 2 is 1.89 bits per heavy atom. The van der Waals surface area contributed by atoms with Crippen LogP contribution < -0.4 is 16.8 Å². The molecule has 5 N–H and O–H groups in total. The summed E-state index contributed by atoms with van der Waals surface area (Å²) in [4.78, 5) is 11.1. The lowest BCUT2D eigenvalue weighted by Crippen LogP contribution is -2.37. The van der Waals surface area contributed by atoms with Gasteiger partial charge in [0.25, 0.3) is 0 Å². The third-order valence-electron chi connectivity index (χ3n) is 2.77. The molecule has 0 spiro atoms. The van der Waals surface area contributed by atoms with Crippen molar-refractivity contribution in [1.82, 2.24) is 0 Å². The molecular formula is C12H16F3N3O. The number of rotatable bonds is 4. The lowest BCUT2D eigenvalue weighted by atomic mass is 9.92. The Labute approximate surface area is 109 Å². The first kappa shape index (κ1) is 15.1. The highest BCUT2D eigenvalue weighted by Crippen LogP contribution is 2.33. The largest absolute Gasteiger partial charge is 0.416 e. The molecule has 0 heterocycles. The normalized spacial score (nSPS) is 12.3. The summed E-state index contributed by atoms with van der Waals surface area (Å²) in [7, 11) is 0. The van der Waals surface area contributed by atoms with Crippen molar-refractivity contribution in [2.45, 2.75) is 20.0 Å². The molecule has 19 heavy (non-hydrogen) atoms. The molecule has 0 radical (unpaired) electrons. The van der Waals surface area contributed by atoms with Crippen LogP contribution in [-0.2, 0) is 11.0 Å². The molecule has 0 aliphatic heterocycles. The van der Waals surface area contributed by atoms with E-state index >= 15 is 0 Å². The van der Waals surface area contributed by atoms with Crippen LogP contribution in [0.4, 0.5) is 24.5 Å². The molecule has 1 rings (SSSR count). The van der Waals surface area contributed by atoms with Gasteiger partial charge >= 0.3 is 6.18 Å². The van der Waals surface area contributed by atoms with E-state index in [-0.39, 0.29) is 12.2 Å².